The van der Waals surface area contributed by atoms with Gasteiger partial charge in [0.25, 0.3) is 0 Å². The van der Waals surface area contributed by atoms with Crippen molar-refractivity contribution in [3.63, 3.8) is 0 Å². The van der Waals surface area contributed by atoms with Crippen LogP contribution in [0.4, 0.5) is 5.69 Å². The van der Waals surface area contributed by atoms with Crippen LogP contribution < -0.4 is 10.6 Å². The number of nitrogens with zero attached hydrogens (tertiary/aromatic N) is 1. The normalized spacial score (nSPS) is 10.1. The number of amides is 1. The van der Waals surface area contributed by atoms with E-state index in [0.29, 0.717) is 11.6 Å². The topological polar surface area (TPSA) is 54.0 Å². The Kier molecular flexibility index (Phi) is 4.96. The van der Waals surface area contributed by atoms with E-state index < -0.39 is 0 Å². The molecule has 0 spiro atoms. The highest BCUT2D eigenvalue weighted by atomic mass is 35.5. The molecule has 104 valence electrons. The number of pyridine rings is 1. The lowest BCUT2D eigenvalue weighted by molar-refractivity contribution is -0.119. The minimum Gasteiger partial charge on any atom is -0.376 e. The average Bonchev–Trinajstić information content (AvgIpc) is 2.48. The van der Waals surface area contributed by atoms with Crippen molar-refractivity contribution >= 4 is 23.2 Å². The van der Waals surface area contributed by atoms with Crippen LogP contribution in [0.3, 0.4) is 0 Å². The third kappa shape index (κ3) is 3.96. The molecule has 0 aliphatic heterocycles. The Labute approximate surface area is 123 Å². The second-order valence-electron chi connectivity index (χ2n) is 4.40. The lowest BCUT2D eigenvalue weighted by Gasteiger charge is -2.10. The first-order valence-electron chi connectivity index (χ1n) is 6.31. The van der Waals surface area contributed by atoms with Crippen LogP contribution in [0.2, 0.25) is 5.02 Å². The SMILES string of the molecule is Cc1c(Cl)cccc1NCC(=O)NCc1ccncc1. The highest BCUT2D eigenvalue weighted by molar-refractivity contribution is 6.31. The van der Waals surface area contributed by atoms with Crippen molar-refractivity contribution in [2.24, 2.45) is 0 Å². The van der Waals surface area contributed by atoms with Gasteiger partial charge >= 0.3 is 0 Å². The van der Waals surface area contributed by atoms with Gasteiger partial charge in [-0.15, -0.1) is 0 Å². The smallest absolute Gasteiger partial charge is 0.239 e. The molecule has 0 saturated carbocycles. The number of rotatable bonds is 5. The van der Waals surface area contributed by atoms with Gasteiger partial charge < -0.3 is 10.6 Å². The predicted molar refractivity (Wildman–Crippen MR) is 80.8 cm³/mol. The van der Waals surface area contributed by atoms with Crippen molar-refractivity contribution in [2.75, 3.05) is 11.9 Å². The summed E-state index contributed by atoms with van der Waals surface area (Å²) < 4.78 is 0. The van der Waals surface area contributed by atoms with Crippen molar-refractivity contribution in [1.29, 1.82) is 0 Å². The predicted octanol–water partition coefficient (Wildman–Crippen LogP) is 2.77. The summed E-state index contributed by atoms with van der Waals surface area (Å²) in [5.74, 6) is -0.0683. The van der Waals surface area contributed by atoms with Crippen molar-refractivity contribution < 1.29 is 4.79 Å². The van der Waals surface area contributed by atoms with E-state index in [-0.39, 0.29) is 12.5 Å². The molecule has 0 unspecified atom stereocenters. The van der Waals surface area contributed by atoms with E-state index in [2.05, 4.69) is 15.6 Å². The zero-order chi connectivity index (χ0) is 14.4. The first-order chi connectivity index (χ1) is 9.66. The largest absolute Gasteiger partial charge is 0.376 e. The molecule has 1 aromatic carbocycles. The van der Waals surface area contributed by atoms with Gasteiger partial charge in [0, 0.05) is 29.6 Å². The molecule has 1 aromatic heterocycles. The Morgan fingerprint density at radius 1 is 1.25 bits per heavy atom. The van der Waals surface area contributed by atoms with Crippen molar-refractivity contribution in [3.05, 3.63) is 58.9 Å². The second-order valence-corrected chi connectivity index (χ2v) is 4.81. The minimum absolute atomic E-state index is 0.0683. The number of nitrogens with one attached hydrogen (secondary N) is 2. The van der Waals surface area contributed by atoms with Crippen LogP contribution >= 0.6 is 11.6 Å². The molecule has 4 nitrogen and oxygen atoms in total. The molecule has 0 radical (unpaired) electrons. The van der Waals surface area contributed by atoms with Crippen molar-refractivity contribution in [1.82, 2.24) is 10.3 Å². The molecule has 0 aliphatic rings. The van der Waals surface area contributed by atoms with Gasteiger partial charge in [-0.05, 0) is 42.3 Å². The summed E-state index contributed by atoms with van der Waals surface area (Å²) in [6.45, 7) is 2.63. The van der Waals surface area contributed by atoms with E-state index in [1.54, 1.807) is 12.4 Å². The summed E-state index contributed by atoms with van der Waals surface area (Å²) in [7, 11) is 0. The zero-order valence-corrected chi connectivity index (χ0v) is 11.9. The first-order valence-corrected chi connectivity index (χ1v) is 6.69. The molecule has 0 saturated heterocycles. The van der Waals surface area contributed by atoms with Crippen LogP contribution in [0, 0.1) is 6.92 Å². The summed E-state index contributed by atoms with van der Waals surface area (Å²) in [5.41, 5.74) is 2.83. The summed E-state index contributed by atoms with van der Waals surface area (Å²) in [4.78, 5) is 15.7. The Hall–Kier alpha value is -2.07. The molecule has 0 atom stereocenters. The maximum Gasteiger partial charge on any atom is 0.239 e. The van der Waals surface area contributed by atoms with Crippen LogP contribution in [0.25, 0.3) is 0 Å². The standard InChI is InChI=1S/C15H16ClN3O/c1-11-13(16)3-2-4-14(11)18-10-15(20)19-9-12-5-7-17-8-6-12/h2-8,18H,9-10H2,1H3,(H,19,20). The number of carbonyl (C=O) groups excluding carboxylic acids is 1. The molecule has 20 heavy (non-hydrogen) atoms. The lowest BCUT2D eigenvalue weighted by Crippen LogP contribution is -2.29. The van der Waals surface area contributed by atoms with Gasteiger partial charge in [-0.3, -0.25) is 9.78 Å². The van der Waals surface area contributed by atoms with Crippen LogP contribution in [0.5, 0.6) is 0 Å². The number of anilines is 1. The molecule has 1 amide bonds. The minimum atomic E-state index is -0.0683. The van der Waals surface area contributed by atoms with Crippen molar-refractivity contribution in [3.8, 4) is 0 Å². The van der Waals surface area contributed by atoms with E-state index in [1.807, 2.05) is 37.3 Å². The molecule has 0 aliphatic carbocycles. The summed E-state index contributed by atoms with van der Waals surface area (Å²) in [5, 5.41) is 6.61. The van der Waals surface area contributed by atoms with Crippen molar-refractivity contribution in [2.45, 2.75) is 13.5 Å². The van der Waals surface area contributed by atoms with E-state index >= 15 is 0 Å². The summed E-state index contributed by atoms with van der Waals surface area (Å²) in [6, 6.07) is 9.32. The average molecular weight is 290 g/mol. The fraction of sp³-hybridized carbons (Fsp3) is 0.200. The quantitative estimate of drug-likeness (QED) is 0.890. The molecule has 0 fully saturated rings. The molecule has 2 N–H and O–H groups in total. The highest BCUT2D eigenvalue weighted by Gasteiger charge is 2.04. The monoisotopic (exact) mass is 289 g/mol. The van der Waals surface area contributed by atoms with Gasteiger partial charge in [0.15, 0.2) is 0 Å². The first kappa shape index (κ1) is 14.3. The van der Waals surface area contributed by atoms with Gasteiger partial charge in [0.05, 0.1) is 6.54 Å². The van der Waals surface area contributed by atoms with E-state index in [1.165, 1.54) is 0 Å². The number of aromatic nitrogens is 1. The third-order valence-electron chi connectivity index (χ3n) is 2.95. The Morgan fingerprint density at radius 3 is 2.75 bits per heavy atom. The number of halogens is 1. The van der Waals surface area contributed by atoms with E-state index in [4.69, 9.17) is 11.6 Å². The molecular weight excluding hydrogens is 274 g/mol. The molecule has 2 aromatic rings. The Morgan fingerprint density at radius 2 is 2.00 bits per heavy atom. The summed E-state index contributed by atoms with van der Waals surface area (Å²) >= 11 is 6.02. The van der Waals surface area contributed by atoms with Crippen LogP contribution in [0.15, 0.2) is 42.7 Å². The Balaban J connectivity index is 1.82. The van der Waals surface area contributed by atoms with Crippen LogP contribution in [-0.2, 0) is 11.3 Å². The number of hydrogen-bond donors (Lipinski definition) is 2. The molecular formula is C15H16ClN3O. The van der Waals surface area contributed by atoms with Gasteiger partial charge in [-0.2, -0.15) is 0 Å². The third-order valence-corrected chi connectivity index (χ3v) is 3.36. The van der Waals surface area contributed by atoms with Gasteiger partial charge in [-0.25, -0.2) is 0 Å². The van der Waals surface area contributed by atoms with E-state index in [0.717, 1.165) is 16.8 Å². The van der Waals surface area contributed by atoms with Gasteiger partial charge in [-0.1, -0.05) is 17.7 Å². The molecule has 2 rings (SSSR count). The van der Waals surface area contributed by atoms with Gasteiger partial charge in [0.1, 0.15) is 0 Å². The molecule has 1 heterocycles. The fourth-order valence-corrected chi connectivity index (χ4v) is 1.91. The number of carbonyl (C=O) groups is 1. The number of hydrogen-bond acceptors (Lipinski definition) is 3. The Bertz CT molecular complexity index is 587. The lowest BCUT2D eigenvalue weighted by atomic mass is 10.2. The van der Waals surface area contributed by atoms with Crippen LogP contribution in [0.1, 0.15) is 11.1 Å². The highest BCUT2D eigenvalue weighted by Crippen LogP contribution is 2.22. The summed E-state index contributed by atoms with van der Waals surface area (Å²) in [6.07, 6.45) is 3.41. The van der Waals surface area contributed by atoms with E-state index in [9.17, 15) is 4.79 Å². The molecule has 5 heteroatoms. The second kappa shape index (κ2) is 6.91. The maximum absolute atomic E-state index is 11.8. The van der Waals surface area contributed by atoms with Gasteiger partial charge in [0.2, 0.25) is 5.91 Å². The fourth-order valence-electron chi connectivity index (χ4n) is 1.74. The zero-order valence-electron chi connectivity index (χ0n) is 11.2. The molecule has 0 bridgehead atoms. The maximum atomic E-state index is 11.8. The number of benzene rings is 1. The van der Waals surface area contributed by atoms with Crippen LogP contribution in [-0.4, -0.2) is 17.4 Å².